The van der Waals surface area contributed by atoms with Crippen molar-refractivity contribution >= 4 is 22.8 Å². The SMILES string of the molecule is COC(=O)c1c[nH]c(=O)c([C@@H](CC(N)=O)c2cc3ccc(OC)cc3[nH]c2=O)c1O. The first kappa shape index (κ1) is 20.6. The van der Waals surface area contributed by atoms with Gasteiger partial charge in [-0.1, -0.05) is 0 Å². The fourth-order valence-electron chi connectivity index (χ4n) is 3.28. The fourth-order valence-corrected chi connectivity index (χ4v) is 3.28. The standard InChI is InChI=1S/C20H19N3O7/c1-29-10-4-3-9-5-12(18(26)23-14(9)6-10)11(7-15(21)24)16-17(25)13(20(28)30-2)8-22-19(16)27/h3-6,8,11H,7H2,1-2H3,(H2,21,24)(H,23,26)(H2,22,25,27)/t11-/m0/s1. The lowest BCUT2D eigenvalue weighted by atomic mass is 9.87. The fraction of sp³-hybridized carbons (Fsp3) is 0.200. The first-order valence-electron chi connectivity index (χ1n) is 8.79. The molecule has 2 heterocycles. The number of nitrogens with two attached hydrogens (primary N) is 1. The summed E-state index contributed by atoms with van der Waals surface area (Å²) in [6.45, 7) is 0. The van der Waals surface area contributed by atoms with Crippen LogP contribution in [0.3, 0.4) is 0 Å². The van der Waals surface area contributed by atoms with Crippen molar-refractivity contribution in [1.82, 2.24) is 9.97 Å². The lowest BCUT2D eigenvalue weighted by Gasteiger charge is -2.18. The van der Waals surface area contributed by atoms with Gasteiger partial charge in [-0.25, -0.2) is 4.79 Å². The summed E-state index contributed by atoms with van der Waals surface area (Å²) in [5.41, 5.74) is 3.81. The Morgan fingerprint density at radius 3 is 2.53 bits per heavy atom. The topological polar surface area (TPSA) is 165 Å². The molecule has 0 radical (unpaired) electrons. The van der Waals surface area contributed by atoms with Gasteiger partial charge in [-0.05, 0) is 23.6 Å². The molecule has 0 aliphatic heterocycles. The number of esters is 1. The van der Waals surface area contributed by atoms with Gasteiger partial charge in [0, 0.05) is 30.2 Å². The third-order valence-electron chi connectivity index (χ3n) is 4.72. The van der Waals surface area contributed by atoms with Crippen LogP contribution < -0.4 is 21.6 Å². The molecule has 2 aromatic heterocycles. The van der Waals surface area contributed by atoms with Crippen LogP contribution in [0.5, 0.6) is 11.5 Å². The maximum Gasteiger partial charge on any atom is 0.343 e. The number of methoxy groups -OCH3 is 2. The molecule has 5 N–H and O–H groups in total. The largest absolute Gasteiger partial charge is 0.506 e. The molecule has 10 nitrogen and oxygen atoms in total. The number of benzene rings is 1. The van der Waals surface area contributed by atoms with Gasteiger partial charge < -0.3 is 30.3 Å². The summed E-state index contributed by atoms with van der Waals surface area (Å²) in [5, 5.41) is 11.2. The molecule has 10 heteroatoms. The van der Waals surface area contributed by atoms with Gasteiger partial charge in [-0.15, -0.1) is 0 Å². The van der Waals surface area contributed by atoms with E-state index in [-0.39, 0.29) is 16.7 Å². The zero-order valence-corrected chi connectivity index (χ0v) is 16.1. The third-order valence-corrected chi connectivity index (χ3v) is 4.72. The predicted molar refractivity (Wildman–Crippen MR) is 107 cm³/mol. The van der Waals surface area contributed by atoms with Crippen molar-refractivity contribution in [3.8, 4) is 11.5 Å². The Hall–Kier alpha value is -4.08. The number of fused-ring (bicyclic) bond motifs is 1. The molecule has 0 spiro atoms. The Kier molecular flexibility index (Phi) is 5.58. The van der Waals surface area contributed by atoms with Crippen molar-refractivity contribution in [3.05, 3.63) is 67.9 Å². The first-order valence-corrected chi connectivity index (χ1v) is 8.79. The number of hydrogen-bond acceptors (Lipinski definition) is 7. The highest BCUT2D eigenvalue weighted by Crippen LogP contribution is 2.33. The maximum atomic E-state index is 12.8. The molecule has 30 heavy (non-hydrogen) atoms. The quantitative estimate of drug-likeness (QED) is 0.432. The molecule has 0 fully saturated rings. The van der Waals surface area contributed by atoms with Crippen LogP contribution in [0, 0.1) is 0 Å². The number of nitrogens with one attached hydrogen (secondary N) is 2. The van der Waals surface area contributed by atoms with Gasteiger partial charge in [0.15, 0.2) is 0 Å². The van der Waals surface area contributed by atoms with Crippen LogP contribution in [-0.2, 0) is 9.53 Å². The van der Waals surface area contributed by atoms with Gasteiger partial charge in [-0.2, -0.15) is 0 Å². The van der Waals surface area contributed by atoms with Crippen molar-refractivity contribution in [1.29, 1.82) is 0 Å². The molecule has 0 unspecified atom stereocenters. The van der Waals surface area contributed by atoms with E-state index in [1.807, 2.05) is 0 Å². The Labute approximate surface area is 169 Å². The smallest absolute Gasteiger partial charge is 0.343 e. The predicted octanol–water partition coefficient (Wildman–Crippen LogP) is 0.725. The lowest BCUT2D eigenvalue weighted by Crippen LogP contribution is -2.27. The van der Waals surface area contributed by atoms with Crippen LogP contribution in [0.4, 0.5) is 0 Å². The number of primary amides is 1. The van der Waals surface area contributed by atoms with Crippen LogP contribution in [0.25, 0.3) is 10.9 Å². The van der Waals surface area contributed by atoms with Crippen LogP contribution in [-0.4, -0.2) is 41.2 Å². The Balaban J connectivity index is 2.28. The Morgan fingerprint density at radius 1 is 1.17 bits per heavy atom. The average Bonchev–Trinajstić information content (AvgIpc) is 2.71. The van der Waals surface area contributed by atoms with Crippen molar-refractivity contribution < 1.29 is 24.2 Å². The molecular weight excluding hydrogens is 394 g/mol. The van der Waals surface area contributed by atoms with Crippen molar-refractivity contribution in [2.45, 2.75) is 12.3 Å². The molecule has 0 aliphatic carbocycles. The molecule has 1 amide bonds. The Morgan fingerprint density at radius 2 is 1.90 bits per heavy atom. The molecule has 0 saturated carbocycles. The second kappa shape index (κ2) is 8.11. The second-order valence-corrected chi connectivity index (χ2v) is 6.52. The highest BCUT2D eigenvalue weighted by molar-refractivity contribution is 5.92. The highest BCUT2D eigenvalue weighted by Gasteiger charge is 2.29. The van der Waals surface area contributed by atoms with Crippen LogP contribution in [0.1, 0.15) is 33.8 Å². The van der Waals surface area contributed by atoms with Gasteiger partial charge in [-0.3, -0.25) is 14.4 Å². The van der Waals surface area contributed by atoms with E-state index in [4.69, 9.17) is 10.5 Å². The number of rotatable bonds is 6. The summed E-state index contributed by atoms with van der Waals surface area (Å²) in [6, 6.07) is 6.47. The first-order chi connectivity index (χ1) is 14.3. The minimum Gasteiger partial charge on any atom is -0.506 e. The lowest BCUT2D eigenvalue weighted by molar-refractivity contribution is -0.118. The zero-order valence-electron chi connectivity index (χ0n) is 16.1. The highest BCUT2D eigenvalue weighted by atomic mass is 16.5. The monoisotopic (exact) mass is 413 g/mol. The molecule has 0 aliphatic rings. The molecule has 0 bridgehead atoms. The number of hydrogen-bond donors (Lipinski definition) is 4. The van der Waals surface area contributed by atoms with Crippen molar-refractivity contribution in [3.63, 3.8) is 0 Å². The summed E-state index contributed by atoms with van der Waals surface area (Å²) in [4.78, 5) is 53.9. The molecule has 1 atom stereocenters. The normalized spacial score (nSPS) is 11.8. The van der Waals surface area contributed by atoms with Crippen molar-refractivity contribution in [2.24, 2.45) is 5.73 Å². The van der Waals surface area contributed by atoms with E-state index >= 15 is 0 Å². The number of ether oxygens (including phenoxy) is 2. The second-order valence-electron chi connectivity index (χ2n) is 6.52. The average molecular weight is 413 g/mol. The summed E-state index contributed by atoms with van der Waals surface area (Å²) in [5.74, 6) is -3.07. The molecule has 3 aromatic rings. The number of H-pyrrole nitrogens is 2. The molecular formula is C20H19N3O7. The number of carbonyl (C=O) groups excluding carboxylic acids is 2. The summed E-state index contributed by atoms with van der Waals surface area (Å²) < 4.78 is 9.72. The van der Waals surface area contributed by atoms with Crippen molar-refractivity contribution in [2.75, 3.05) is 14.2 Å². The number of amides is 1. The van der Waals surface area contributed by atoms with Gasteiger partial charge >= 0.3 is 5.97 Å². The molecule has 0 saturated heterocycles. The van der Waals surface area contributed by atoms with E-state index in [0.717, 1.165) is 13.3 Å². The summed E-state index contributed by atoms with van der Waals surface area (Å²) in [7, 11) is 2.59. The number of aromatic amines is 2. The van der Waals surface area contributed by atoms with Crippen LogP contribution >= 0.6 is 0 Å². The molecule has 156 valence electrons. The number of aromatic nitrogens is 2. The minimum atomic E-state index is -1.20. The van der Waals surface area contributed by atoms with E-state index in [9.17, 15) is 24.3 Å². The van der Waals surface area contributed by atoms with Gasteiger partial charge in [0.1, 0.15) is 17.1 Å². The van der Waals surface area contributed by atoms with Gasteiger partial charge in [0.05, 0.1) is 25.3 Å². The van der Waals surface area contributed by atoms with E-state index in [2.05, 4.69) is 14.7 Å². The summed E-state index contributed by atoms with van der Waals surface area (Å²) >= 11 is 0. The van der Waals surface area contributed by atoms with Crippen LogP contribution in [0.2, 0.25) is 0 Å². The maximum absolute atomic E-state index is 12.8. The van der Waals surface area contributed by atoms with Gasteiger partial charge in [0.2, 0.25) is 5.91 Å². The Bertz CT molecular complexity index is 1260. The zero-order chi connectivity index (χ0) is 22.0. The number of pyridine rings is 2. The minimum absolute atomic E-state index is 0.0225. The number of aromatic hydroxyl groups is 1. The number of carbonyl (C=O) groups is 2. The summed E-state index contributed by atoms with van der Waals surface area (Å²) in [6.07, 6.45) is 0.539. The molecule has 3 rings (SSSR count). The third kappa shape index (κ3) is 3.75. The van der Waals surface area contributed by atoms with E-state index < -0.39 is 41.1 Å². The van der Waals surface area contributed by atoms with E-state index in [1.165, 1.54) is 13.2 Å². The van der Waals surface area contributed by atoms with Gasteiger partial charge in [0.25, 0.3) is 11.1 Å². The van der Waals surface area contributed by atoms with E-state index in [0.29, 0.717) is 16.7 Å². The molecule has 1 aromatic carbocycles. The van der Waals surface area contributed by atoms with E-state index in [1.54, 1.807) is 18.2 Å². The van der Waals surface area contributed by atoms with Crippen LogP contribution in [0.15, 0.2) is 40.1 Å².